The Morgan fingerprint density at radius 1 is 0.857 bits per heavy atom. The van der Waals surface area contributed by atoms with Gasteiger partial charge in [0.05, 0.1) is 16.7 Å². The molecule has 0 atom stereocenters. The Morgan fingerprint density at radius 2 is 1.50 bits per heavy atom. The molecule has 0 saturated carbocycles. The van der Waals surface area contributed by atoms with Crippen LogP contribution in [-0.2, 0) is 11.3 Å². The van der Waals surface area contributed by atoms with E-state index in [9.17, 15) is 9.18 Å². The van der Waals surface area contributed by atoms with Crippen molar-refractivity contribution in [1.82, 2.24) is 0 Å². The molecule has 0 N–H and O–H groups in total. The number of hydrogen-bond acceptors (Lipinski definition) is 5. The van der Waals surface area contributed by atoms with Crippen LogP contribution in [0.2, 0.25) is 0 Å². The zero-order valence-electron chi connectivity index (χ0n) is 14.6. The average Bonchev–Trinajstić information content (AvgIpc) is 2.73. The highest BCUT2D eigenvalue weighted by Crippen LogP contribution is 2.24. The molecule has 28 heavy (non-hydrogen) atoms. The minimum atomic E-state index is -0.513. The molecule has 0 amide bonds. The molecular weight excluding hydrogens is 359 g/mol. The maximum atomic E-state index is 12.9. The number of ether oxygens (including phenoxy) is 2. The third-order valence-electron chi connectivity index (χ3n) is 3.84. The van der Waals surface area contributed by atoms with Crippen molar-refractivity contribution < 1.29 is 18.7 Å². The van der Waals surface area contributed by atoms with Crippen LogP contribution in [0, 0.1) is 28.5 Å². The van der Waals surface area contributed by atoms with E-state index >= 15 is 0 Å². The fraction of sp³-hybridized carbons (Fsp3) is 0.0455. The van der Waals surface area contributed by atoms with Crippen LogP contribution in [-0.4, -0.2) is 5.97 Å². The monoisotopic (exact) mass is 372 g/mol. The molecule has 136 valence electrons. The summed E-state index contributed by atoms with van der Waals surface area (Å²) in [6, 6.07) is 20.4. The van der Waals surface area contributed by atoms with Crippen LogP contribution >= 0.6 is 0 Å². The van der Waals surface area contributed by atoms with Crippen molar-refractivity contribution >= 4 is 5.97 Å². The number of nitriles is 2. The summed E-state index contributed by atoms with van der Waals surface area (Å²) in [7, 11) is 0. The summed E-state index contributed by atoms with van der Waals surface area (Å²) in [4.78, 5) is 12.1. The first-order valence-electron chi connectivity index (χ1n) is 8.23. The van der Waals surface area contributed by atoms with Gasteiger partial charge >= 0.3 is 5.97 Å². The van der Waals surface area contributed by atoms with Gasteiger partial charge in [0.2, 0.25) is 0 Å². The average molecular weight is 372 g/mol. The molecule has 0 radical (unpaired) electrons. The molecule has 0 fully saturated rings. The van der Waals surface area contributed by atoms with E-state index in [1.54, 1.807) is 42.5 Å². The summed E-state index contributed by atoms with van der Waals surface area (Å²) in [6.45, 7) is 0.0412. The first-order valence-corrected chi connectivity index (χ1v) is 8.23. The number of esters is 1. The van der Waals surface area contributed by atoms with Gasteiger partial charge in [-0.15, -0.1) is 0 Å². The number of benzene rings is 3. The van der Waals surface area contributed by atoms with Crippen LogP contribution in [0.25, 0.3) is 0 Å². The Kier molecular flexibility index (Phi) is 5.64. The molecule has 0 aliphatic carbocycles. The standard InChI is InChI=1S/C22H13FN2O3/c23-19-6-1-15(2-7-19)14-27-22(26)16-3-8-20(9-4-16)28-21-10-5-17(12-24)18(11-21)13-25/h1-11H,14H2. The molecule has 0 unspecified atom stereocenters. The van der Waals surface area contributed by atoms with Crippen molar-refractivity contribution in [3.63, 3.8) is 0 Å². The zero-order chi connectivity index (χ0) is 19.9. The predicted molar refractivity (Wildman–Crippen MR) is 97.9 cm³/mol. The fourth-order valence-corrected chi connectivity index (χ4v) is 2.38. The first-order chi connectivity index (χ1) is 13.6. The number of halogens is 1. The van der Waals surface area contributed by atoms with Gasteiger partial charge in [0.1, 0.15) is 36.1 Å². The molecule has 5 nitrogen and oxygen atoms in total. The number of carbonyl (C=O) groups excluding carboxylic acids is 1. The van der Waals surface area contributed by atoms with E-state index in [4.69, 9.17) is 20.0 Å². The van der Waals surface area contributed by atoms with Gasteiger partial charge in [0.15, 0.2) is 0 Å². The summed E-state index contributed by atoms with van der Waals surface area (Å²) >= 11 is 0. The molecule has 0 aliphatic rings. The van der Waals surface area contributed by atoms with E-state index in [2.05, 4.69) is 0 Å². The molecule has 3 aromatic carbocycles. The van der Waals surface area contributed by atoms with Gasteiger partial charge in [-0.25, -0.2) is 9.18 Å². The highest BCUT2D eigenvalue weighted by atomic mass is 19.1. The Hall–Kier alpha value is -4.16. The van der Waals surface area contributed by atoms with Gasteiger partial charge in [-0.2, -0.15) is 10.5 Å². The maximum absolute atomic E-state index is 12.9. The Bertz CT molecular complexity index is 1080. The highest BCUT2D eigenvalue weighted by molar-refractivity contribution is 5.89. The Labute approximate surface area is 160 Å². The molecule has 0 aromatic heterocycles. The third-order valence-corrected chi connectivity index (χ3v) is 3.84. The summed E-state index contributed by atoms with van der Waals surface area (Å²) in [5, 5.41) is 18.0. The van der Waals surface area contributed by atoms with Crippen LogP contribution < -0.4 is 4.74 Å². The van der Waals surface area contributed by atoms with Gasteiger partial charge in [-0.05, 0) is 60.2 Å². The Balaban J connectivity index is 1.63. The summed E-state index contributed by atoms with van der Waals surface area (Å²) in [5.41, 5.74) is 1.52. The number of rotatable bonds is 5. The largest absolute Gasteiger partial charge is 0.457 e. The highest BCUT2D eigenvalue weighted by Gasteiger charge is 2.09. The van der Waals surface area contributed by atoms with Crippen molar-refractivity contribution in [1.29, 1.82) is 10.5 Å². The number of hydrogen-bond donors (Lipinski definition) is 0. The molecule has 0 aliphatic heterocycles. The van der Waals surface area contributed by atoms with Gasteiger partial charge in [0.25, 0.3) is 0 Å². The van der Waals surface area contributed by atoms with Crippen LogP contribution in [0.4, 0.5) is 4.39 Å². The lowest BCUT2D eigenvalue weighted by molar-refractivity contribution is 0.0472. The minimum Gasteiger partial charge on any atom is -0.457 e. The summed E-state index contributed by atoms with van der Waals surface area (Å²) in [5.74, 6) is 0.00158. The first kappa shape index (κ1) is 18.6. The molecule has 0 bridgehead atoms. The predicted octanol–water partition coefficient (Wildman–Crippen LogP) is 4.72. The van der Waals surface area contributed by atoms with E-state index < -0.39 is 5.97 Å². The van der Waals surface area contributed by atoms with Crippen molar-refractivity contribution in [3.05, 3.63) is 94.8 Å². The Morgan fingerprint density at radius 3 is 2.14 bits per heavy atom. The zero-order valence-corrected chi connectivity index (χ0v) is 14.6. The molecule has 0 heterocycles. The van der Waals surface area contributed by atoms with Crippen molar-refractivity contribution in [2.45, 2.75) is 6.61 Å². The van der Waals surface area contributed by atoms with Crippen molar-refractivity contribution in [3.8, 4) is 23.6 Å². The fourth-order valence-electron chi connectivity index (χ4n) is 2.38. The quantitative estimate of drug-likeness (QED) is 0.605. The van der Waals surface area contributed by atoms with Gasteiger partial charge in [-0.1, -0.05) is 12.1 Å². The lowest BCUT2D eigenvalue weighted by Gasteiger charge is -2.08. The maximum Gasteiger partial charge on any atom is 0.338 e. The lowest BCUT2D eigenvalue weighted by Crippen LogP contribution is -2.05. The topological polar surface area (TPSA) is 83.1 Å². The van der Waals surface area contributed by atoms with Crippen LogP contribution in [0.5, 0.6) is 11.5 Å². The molecule has 3 rings (SSSR count). The normalized spacial score (nSPS) is 9.82. The number of carbonyl (C=O) groups is 1. The van der Waals surface area contributed by atoms with E-state index in [0.717, 1.165) is 0 Å². The minimum absolute atomic E-state index is 0.0412. The van der Waals surface area contributed by atoms with E-state index in [1.807, 2.05) is 12.1 Å². The second kappa shape index (κ2) is 8.48. The smallest absolute Gasteiger partial charge is 0.338 e. The second-order valence-electron chi connectivity index (χ2n) is 5.76. The molecule has 0 saturated heterocycles. The van der Waals surface area contributed by atoms with Crippen molar-refractivity contribution in [2.75, 3.05) is 0 Å². The van der Waals surface area contributed by atoms with Crippen LogP contribution in [0.1, 0.15) is 27.0 Å². The second-order valence-corrected chi connectivity index (χ2v) is 5.76. The lowest BCUT2D eigenvalue weighted by atomic mass is 10.1. The van der Waals surface area contributed by atoms with E-state index in [-0.39, 0.29) is 23.6 Å². The number of nitrogens with zero attached hydrogens (tertiary/aromatic N) is 2. The molecule has 0 spiro atoms. The van der Waals surface area contributed by atoms with E-state index in [0.29, 0.717) is 22.6 Å². The molecule has 3 aromatic rings. The SMILES string of the molecule is N#Cc1ccc(Oc2ccc(C(=O)OCc3ccc(F)cc3)cc2)cc1C#N. The van der Waals surface area contributed by atoms with Gasteiger partial charge < -0.3 is 9.47 Å². The molecular formula is C22H13FN2O3. The van der Waals surface area contributed by atoms with E-state index in [1.165, 1.54) is 24.3 Å². The van der Waals surface area contributed by atoms with Crippen LogP contribution in [0.3, 0.4) is 0 Å². The van der Waals surface area contributed by atoms with Crippen molar-refractivity contribution in [2.24, 2.45) is 0 Å². The third kappa shape index (κ3) is 4.51. The van der Waals surface area contributed by atoms with Gasteiger partial charge in [0, 0.05) is 0 Å². The summed E-state index contributed by atoms with van der Waals surface area (Å²) in [6.07, 6.45) is 0. The van der Waals surface area contributed by atoms with Gasteiger partial charge in [-0.3, -0.25) is 0 Å². The molecule has 6 heteroatoms. The van der Waals surface area contributed by atoms with Crippen LogP contribution in [0.15, 0.2) is 66.7 Å². The summed E-state index contributed by atoms with van der Waals surface area (Å²) < 4.78 is 23.7.